The summed E-state index contributed by atoms with van der Waals surface area (Å²) in [6.45, 7) is 1.88. The van der Waals surface area contributed by atoms with Gasteiger partial charge in [-0.1, -0.05) is 30.0 Å². The van der Waals surface area contributed by atoms with Gasteiger partial charge in [-0.25, -0.2) is 0 Å². The van der Waals surface area contributed by atoms with Crippen LogP contribution < -0.4 is 4.90 Å². The summed E-state index contributed by atoms with van der Waals surface area (Å²) in [5, 5.41) is 8.30. The van der Waals surface area contributed by atoms with Gasteiger partial charge < -0.3 is 9.47 Å². The van der Waals surface area contributed by atoms with Crippen molar-refractivity contribution in [2.45, 2.75) is 17.3 Å². The molecule has 2 rings (SSSR count). The Labute approximate surface area is 116 Å². The highest BCUT2D eigenvalue weighted by Crippen LogP contribution is 2.23. The number of hydrogen-bond acceptors (Lipinski definition) is 4. The summed E-state index contributed by atoms with van der Waals surface area (Å²) in [5.74, 6) is 0.0409. The first-order valence-electron chi connectivity index (χ1n) is 5.93. The van der Waals surface area contributed by atoms with E-state index in [4.69, 9.17) is 0 Å². The van der Waals surface area contributed by atoms with E-state index in [1.807, 2.05) is 44.3 Å². The van der Waals surface area contributed by atoms with Gasteiger partial charge in [0.1, 0.15) is 6.33 Å². The summed E-state index contributed by atoms with van der Waals surface area (Å²) >= 11 is 1.41. The number of thioether (sulfide) groups is 1. The highest BCUT2D eigenvalue weighted by molar-refractivity contribution is 8.00. The van der Waals surface area contributed by atoms with Crippen LogP contribution in [0.5, 0.6) is 0 Å². The lowest BCUT2D eigenvalue weighted by Crippen LogP contribution is -2.33. The van der Waals surface area contributed by atoms with Gasteiger partial charge in [0, 0.05) is 19.8 Å². The molecule has 1 aromatic carbocycles. The van der Waals surface area contributed by atoms with Gasteiger partial charge in [-0.2, -0.15) is 0 Å². The van der Waals surface area contributed by atoms with Crippen LogP contribution in [0.3, 0.4) is 0 Å². The largest absolute Gasteiger partial charge is 0.315 e. The van der Waals surface area contributed by atoms with Crippen LogP contribution in [0.25, 0.3) is 0 Å². The number of anilines is 1. The molecule has 5 nitrogen and oxygen atoms in total. The number of benzene rings is 1. The zero-order chi connectivity index (χ0) is 13.8. The standard InChI is InChI=1S/C13H16N4OS/c1-10(19-13-15-14-9-16(13)2)12(18)17(3)11-7-5-4-6-8-11/h4-10H,1-3H3/t10-/m1/s1. The van der Waals surface area contributed by atoms with Crippen molar-refractivity contribution in [3.63, 3.8) is 0 Å². The average Bonchev–Trinajstić information content (AvgIpc) is 2.83. The molecule has 6 heteroatoms. The molecule has 0 bridgehead atoms. The van der Waals surface area contributed by atoms with Crippen molar-refractivity contribution in [2.75, 3.05) is 11.9 Å². The molecule has 0 aliphatic heterocycles. The molecule has 2 aromatic rings. The monoisotopic (exact) mass is 276 g/mol. The summed E-state index contributed by atoms with van der Waals surface area (Å²) < 4.78 is 1.80. The van der Waals surface area contributed by atoms with Gasteiger partial charge in [0.25, 0.3) is 0 Å². The Morgan fingerprint density at radius 1 is 1.37 bits per heavy atom. The maximum atomic E-state index is 12.3. The van der Waals surface area contributed by atoms with E-state index in [2.05, 4.69) is 10.2 Å². The second kappa shape index (κ2) is 5.88. The number of nitrogens with zero attached hydrogens (tertiary/aromatic N) is 4. The number of carbonyl (C=O) groups is 1. The molecule has 0 radical (unpaired) electrons. The SMILES string of the molecule is C[C@@H](Sc1nncn1C)C(=O)N(C)c1ccccc1. The highest BCUT2D eigenvalue weighted by atomic mass is 32.2. The molecule has 100 valence electrons. The number of carbonyl (C=O) groups excluding carboxylic acids is 1. The topological polar surface area (TPSA) is 51.0 Å². The zero-order valence-corrected chi connectivity index (χ0v) is 12.0. The summed E-state index contributed by atoms with van der Waals surface area (Å²) in [5.41, 5.74) is 0.887. The minimum absolute atomic E-state index is 0.0409. The molecule has 0 fully saturated rings. The van der Waals surface area contributed by atoms with Gasteiger partial charge in [-0.15, -0.1) is 10.2 Å². The van der Waals surface area contributed by atoms with Crippen LogP contribution in [0.15, 0.2) is 41.8 Å². The second-order valence-electron chi connectivity index (χ2n) is 4.22. The van der Waals surface area contributed by atoms with Crippen molar-refractivity contribution in [3.05, 3.63) is 36.7 Å². The van der Waals surface area contributed by atoms with Crippen LogP contribution in [0.2, 0.25) is 0 Å². The normalized spacial score (nSPS) is 12.2. The van der Waals surface area contributed by atoms with E-state index < -0.39 is 0 Å². The Morgan fingerprint density at radius 2 is 2.05 bits per heavy atom. The van der Waals surface area contributed by atoms with Crippen molar-refractivity contribution in [3.8, 4) is 0 Å². The molecule has 0 aliphatic carbocycles. The first-order chi connectivity index (χ1) is 9.09. The Kier molecular flexibility index (Phi) is 4.21. The molecular weight excluding hydrogens is 260 g/mol. The van der Waals surface area contributed by atoms with Crippen molar-refractivity contribution in [1.82, 2.24) is 14.8 Å². The second-order valence-corrected chi connectivity index (χ2v) is 5.53. The van der Waals surface area contributed by atoms with E-state index in [1.165, 1.54) is 11.8 Å². The van der Waals surface area contributed by atoms with Crippen molar-refractivity contribution < 1.29 is 4.79 Å². The number of hydrogen-bond donors (Lipinski definition) is 0. The molecule has 0 spiro atoms. The highest BCUT2D eigenvalue weighted by Gasteiger charge is 2.21. The lowest BCUT2D eigenvalue weighted by molar-refractivity contribution is -0.117. The number of para-hydroxylation sites is 1. The first kappa shape index (κ1) is 13.6. The quantitative estimate of drug-likeness (QED) is 0.801. The van der Waals surface area contributed by atoms with E-state index in [0.717, 1.165) is 10.8 Å². The fourth-order valence-corrected chi connectivity index (χ4v) is 2.52. The first-order valence-corrected chi connectivity index (χ1v) is 6.81. The summed E-state index contributed by atoms with van der Waals surface area (Å²) in [7, 11) is 3.64. The number of aromatic nitrogens is 3. The molecule has 0 aliphatic rings. The third-order valence-corrected chi connectivity index (χ3v) is 3.91. The zero-order valence-electron chi connectivity index (χ0n) is 11.1. The predicted molar refractivity (Wildman–Crippen MR) is 76.2 cm³/mol. The third-order valence-electron chi connectivity index (χ3n) is 2.77. The van der Waals surface area contributed by atoms with E-state index in [-0.39, 0.29) is 11.2 Å². The predicted octanol–water partition coefficient (Wildman–Crippen LogP) is 1.96. The van der Waals surface area contributed by atoms with E-state index in [1.54, 1.807) is 22.8 Å². The number of amides is 1. The smallest absolute Gasteiger partial charge is 0.240 e. The Morgan fingerprint density at radius 3 is 2.63 bits per heavy atom. The van der Waals surface area contributed by atoms with Gasteiger partial charge in [-0.05, 0) is 19.1 Å². The van der Waals surface area contributed by atoms with Gasteiger partial charge in [-0.3, -0.25) is 4.79 Å². The lowest BCUT2D eigenvalue weighted by atomic mass is 10.3. The van der Waals surface area contributed by atoms with Crippen LogP contribution in [0.4, 0.5) is 5.69 Å². The molecular formula is C13H16N4OS. The number of rotatable bonds is 4. The molecule has 0 saturated carbocycles. The third kappa shape index (κ3) is 3.14. The molecule has 0 N–H and O–H groups in total. The Hall–Kier alpha value is -1.82. The molecule has 0 unspecified atom stereocenters. The van der Waals surface area contributed by atoms with Crippen LogP contribution in [0.1, 0.15) is 6.92 Å². The summed E-state index contributed by atoms with van der Waals surface area (Å²) in [6.07, 6.45) is 1.63. The molecule has 1 heterocycles. The van der Waals surface area contributed by atoms with Gasteiger partial charge in [0.15, 0.2) is 5.16 Å². The maximum Gasteiger partial charge on any atom is 0.240 e. The van der Waals surface area contributed by atoms with Crippen LogP contribution in [-0.4, -0.2) is 33.0 Å². The molecule has 19 heavy (non-hydrogen) atoms. The Balaban J connectivity index is 2.05. The minimum Gasteiger partial charge on any atom is -0.315 e. The lowest BCUT2D eigenvalue weighted by Gasteiger charge is -2.20. The molecule has 1 aromatic heterocycles. The molecule has 1 atom stereocenters. The van der Waals surface area contributed by atoms with Crippen molar-refractivity contribution in [1.29, 1.82) is 0 Å². The maximum absolute atomic E-state index is 12.3. The van der Waals surface area contributed by atoms with Crippen molar-refractivity contribution in [2.24, 2.45) is 7.05 Å². The number of aryl methyl sites for hydroxylation is 1. The van der Waals surface area contributed by atoms with Crippen LogP contribution in [-0.2, 0) is 11.8 Å². The molecule has 0 saturated heterocycles. The molecule has 1 amide bonds. The van der Waals surface area contributed by atoms with Gasteiger partial charge in [0.05, 0.1) is 5.25 Å². The minimum atomic E-state index is -0.215. The van der Waals surface area contributed by atoms with Gasteiger partial charge >= 0.3 is 0 Å². The fourth-order valence-electron chi connectivity index (χ4n) is 1.64. The van der Waals surface area contributed by atoms with E-state index in [0.29, 0.717) is 0 Å². The Bertz CT molecular complexity index is 555. The summed E-state index contributed by atoms with van der Waals surface area (Å²) in [6, 6.07) is 9.59. The van der Waals surface area contributed by atoms with Gasteiger partial charge in [0.2, 0.25) is 5.91 Å². The van der Waals surface area contributed by atoms with E-state index in [9.17, 15) is 4.79 Å². The summed E-state index contributed by atoms with van der Waals surface area (Å²) in [4.78, 5) is 14.0. The van der Waals surface area contributed by atoms with Crippen LogP contribution >= 0.6 is 11.8 Å². The average molecular weight is 276 g/mol. The van der Waals surface area contributed by atoms with Crippen LogP contribution in [0, 0.1) is 0 Å². The van der Waals surface area contributed by atoms with E-state index >= 15 is 0 Å². The fraction of sp³-hybridized carbons (Fsp3) is 0.308. The van der Waals surface area contributed by atoms with Crippen molar-refractivity contribution >= 4 is 23.4 Å².